The lowest BCUT2D eigenvalue weighted by Gasteiger charge is -2.27. The Balaban J connectivity index is 1.73. The number of pyridine rings is 1. The lowest BCUT2D eigenvalue weighted by atomic mass is 10.0. The molecule has 2 aromatic heterocycles. The minimum absolute atomic E-state index is 0.00894. The molecule has 0 amide bonds. The van der Waals surface area contributed by atoms with Gasteiger partial charge >= 0.3 is 0 Å². The van der Waals surface area contributed by atoms with Gasteiger partial charge in [-0.25, -0.2) is 0 Å². The maximum Gasteiger partial charge on any atom is 0.174 e. The van der Waals surface area contributed by atoms with E-state index in [-0.39, 0.29) is 12.1 Å². The zero-order valence-electron chi connectivity index (χ0n) is 14.4. The van der Waals surface area contributed by atoms with Crippen LogP contribution in [0.25, 0.3) is 0 Å². The summed E-state index contributed by atoms with van der Waals surface area (Å²) in [7, 11) is 0. The van der Waals surface area contributed by atoms with Crippen molar-refractivity contribution in [3.8, 4) is 5.75 Å². The number of aromatic amines is 1. The van der Waals surface area contributed by atoms with Gasteiger partial charge < -0.3 is 19.9 Å². The van der Waals surface area contributed by atoms with Crippen molar-refractivity contribution in [1.82, 2.24) is 15.3 Å². The third-order valence-electron chi connectivity index (χ3n) is 4.46. The van der Waals surface area contributed by atoms with Gasteiger partial charge in [0, 0.05) is 23.8 Å². The van der Waals surface area contributed by atoms with Crippen LogP contribution < -0.4 is 15.0 Å². The predicted molar refractivity (Wildman–Crippen MR) is 106 cm³/mol. The number of ether oxygens (including phenoxy) is 1. The van der Waals surface area contributed by atoms with Gasteiger partial charge in [0.25, 0.3) is 0 Å². The lowest BCUT2D eigenvalue weighted by molar-refractivity contribution is 0.340. The summed E-state index contributed by atoms with van der Waals surface area (Å²) in [5.41, 5.74) is 3.06. The highest BCUT2D eigenvalue weighted by Crippen LogP contribution is 2.41. The van der Waals surface area contributed by atoms with E-state index in [1.807, 2.05) is 67.8 Å². The molecule has 4 rings (SSSR count). The zero-order valence-corrected chi connectivity index (χ0v) is 15.2. The summed E-state index contributed by atoms with van der Waals surface area (Å²) in [4.78, 5) is 10.0. The minimum atomic E-state index is -0.0334. The number of hydrogen-bond donors (Lipinski definition) is 2. The first kappa shape index (κ1) is 16.6. The number of benzene rings is 1. The van der Waals surface area contributed by atoms with Gasteiger partial charge in [0.1, 0.15) is 11.8 Å². The van der Waals surface area contributed by atoms with Crippen LogP contribution in [0.5, 0.6) is 5.75 Å². The molecule has 2 atom stereocenters. The molecule has 1 aliphatic rings. The molecule has 0 unspecified atom stereocenters. The van der Waals surface area contributed by atoms with E-state index in [1.54, 1.807) is 0 Å². The molecule has 26 heavy (non-hydrogen) atoms. The second-order valence-electron chi connectivity index (χ2n) is 6.05. The molecule has 6 heteroatoms. The Kier molecular flexibility index (Phi) is 4.58. The van der Waals surface area contributed by atoms with E-state index in [1.165, 1.54) is 0 Å². The third-order valence-corrected chi connectivity index (χ3v) is 4.78. The van der Waals surface area contributed by atoms with Crippen molar-refractivity contribution < 1.29 is 4.74 Å². The molecule has 1 saturated heterocycles. The molecule has 0 aliphatic carbocycles. The SMILES string of the molecule is CCOc1ccc(N2C(=S)N[C@@H](c3ccccn3)[C@@H]2c2ccc[nH]2)cc1. The van der Waals surface area contributed by atoms with E-state index in [4.69, 9.17) is 17.0 Å². The van der Waals surface area contributed by atoms with Crippen LogP contribution in [0.15, 0.2) is 67.0 Å². The van der Waals surface area contributed by atoms with Gasteiger partial charge in [0.2, 0.25) is 0 Å². The molecule has 0 spiro atoms. The van der Waals surface area contributed by atoms with Gasteiger partial charge in [-0.15, -0.1) is 0 Å². The Morgan fingerprint density at radius 1 is 1.12 bits per heavy atom. The number of nitrogens with zero attached hydrogens (tertiary/aromatic N) is 2. The molecule has 1 aromatic carbocycles. The molecule has 3 heterocycles. The Morgan fingerprint density at radius 2 is 1.96 bits per heavy atom. The summed E-state index contributed by atoms with van der Waals surface area (Å²) >= 11 is 5.68. The smallest absolute Gasteiger partial charge is 0.174 e. The third kappa shape index (κ3) is 3.04. The molecule has 2 N–H and O–H groups in total. The number of nitrogens with one attached hydrogen (secondary N) is 2. The summed E-state index contributed by atoms with van der Waals surface area (Å²) in [6.45, 7) is 2.63. The number of rotatable bonds is 5. The summed E-state index contributed by atoms with van der Waals surface area (Å²) in [6.07, 6.45) is 3.74. The van der Waals surface area contributed by atoms with Gasteiger partial charge in [-0.1, -0.05) is 6.07 Å². The molecule has 3 aromatic rings. The zero-order chi connectivity index (χ0) is 17.9. The maximum absolute atomic E-state index is 5.68. The average Bonchev–Trinajstić information content (AvgIpc) is 3.31. The van der Waals surface area contributed by atoms with Crippen LogP contribution in [0.1, 0.15) is 30.4 Å². The second-order valence-corrected chi connectivity index (χ2v) is 6.44. The second kappa shape index (κ2) is 7.17. The van der Waals surface area contributed by atoms with E-state index in [2.05, 4.69) is 26.3 Å². The van der Waals surface area contributed by atoms with E-state index < -0.39 is 0 Å². The monoisotopic (exact) mass is 364 g/mol. The number of anilines is 1. The molecule has 1 aliphatic heterocycles. The largest absolute Gasteiger partial charge is 0.494 e. The predicted octanol–water partition coefficient (Wildman–Crippen LogP) is 3.99. The Morgan fingerprint density at radius 3 is 2.62 bits per heavy atom. The van der Waals surface area contributed by atoms with Crippen molar-refractivity contribution in [2.24, 2.45) is 0 Å². The van der Waals surface area contributed by atoms with Crippen LogP contribution in [0.4, 0.5) is 5.69 Å². The maximum atomic E-state index is 5.68. The molecule has 1 fully saturated rings. The first-order valence-electron chi connectivity index (χ1n) is 8.64. The standard InChI is InChI=1S/C20H20N4OS/c1-2-25-15-10-8-14(9-11-15)24-19(17-7-5-13-22-17)18(23-20(24)26)16-6-3-4-12-21-16/h3-13,18-19,22H,2H2,1H3,(H,23,26)/t18-,19-/m0/s1. The van der Waals surface area contributed by atoms with Crippen LogP contribution in [0.2, 0.25) is 0 Å². The molecule has 0 saturated carbocycles. The van der Waals surface area contributed by atoms with Gasteiger partial charge in [-0.2, -0.15) is 0 Å². The fraction of sp³-hybridized carbons (Fsp3) is 0.200. The number of H-pyrrole nitrogens is 1. The van der Waals surface area contributed by atoms with Gasteiger partial charge in [0.15, 0.2) is 5.11 Å². The van der Waals surface area contributed by atoms with E-state index in [0.717, 1.165) is 22.8 Å². The molecule has 5 nitrogen and oxygen atoms in total. The van der Waals surface area contributed by atoms with Crippen molar-refractivity contribution >= 4 is 23.0 Å². The van der Waals surface area contributed by atoms with Gasteiger partial charge in [-0.3, -0.25) is 4.98 Å². The van der Waals surface area contributed by atoms with Crippen LogP contribution in [0.3, 0.4) is 0 Å². The molecular formula is C20H20N4OS. The van der Waals surface area contributed by atoms with Gasteiger partial charge in [0.05, 0.1) is 18.3 Å². The van der Waals surface area contributed by atoms with Crippen LogP contribution in [-0.2, 0) is 0 Å². The minimum Gasteiger partial charge on any atom is -0.494 e. The Bertz CT molecular complexity index is 865. The summed E-state index contributed by atoms with van der Waals surface area (Å²) in [5, 5.41) is 4.13. The molecule has 132 valence electrons. The summed E-state index contributed by atoms with van der Waals surface area (Å²) in [5.74, 6) is 0.854. The van der Waals surface area contributed by atoms with Crippen LogP contribution in [0, 0.1) is 0 Å². The van der Waals surface area contributed by atoms with Crippen molar-refractivity contribution in [2.45, 2.75) is 19.0 Å². The van der Waals surface area contributed by atoms with Gasteiger partial charge in [-0.05, 0) is 67.7 Å². The average molecular weight is 364 g/mol. The first-order chi connectivity index (χ1) is 12.8. The Hall–Kier alpha value is -2.86. The van der Waals surface area contributed by atoms with E-state index >= 15 is 0 Å². The van der Waals surface area contributed by atoms with Crippen LogP contribution >= 0.6 is 12.2 Å². The highest BCUT2D eigenvalue weighted by molar-refractivity contribution is 7.80. The van der Waals surface area contributed by atoms with Crippen molar-refractivity contribution in [2.75, 3.05) is 11.5 Å². The quantitative estimate of drug-likeness (QED) is 0.671. The van der Waals surface area contributed by atoms with Crippen molar-refractivity contribution in [3.63, 3.8) is 0 Å². The normalized spacial score (nSPS) is 19.4. The fourth-order valence-corrected chi connectivity index (χ4v) is 3.69. The molecule has 0 radical (unpaired) electrons. The fourth-order valence-electron chi connectivity index (χ4n) is 3.35. The number of hydrogen-bond acceptors (Lipinski definition) is 3. The van der Waals surface area contributed by atoms with Crippen molar-refractivity contribution in [1.29, 1.82) is 0 Å². The van der Waals surface area contributed by atoms with E-state index in [0.29, 0.717) is 11.7 Å². The first-order valence-corrected chi connectivity index (χ1v) is 9.05. The summed E-state index contributed by atoms with van der Waals surface area (Å²) in [6, 6.07) is 18.0. The lowest BCUT2D eigenvalue weighted by Crippen LogP contribution is -2.29. The van der Waals surface area contributed by atoms with Crippen LogP contribution in [-0.4, -0.2) is 21.7 Å². The van der Waals surface area contributed by atoms with E-state index in [9.17, 15) is 0 Å². The molecular weight excluding hydrogens is 344 g/mol. The topological polar surface area (TPSA) is 53.2 Å². The Labute approximate surface area is 158 Å². The number of thiocarbonyl (C=S) groups is 1. The van der Waals surface area contributed by atoms with Crippen molar-refractivity contribution in [3.05, 3.63) is 78.4 Å². The highest BCUT2D eigenvalue weighted by Gasteiger charge is 2.41. The number of aromatic nitrogens is 2. The highest BCUT2D eigenvalue weighted by atomic mass is 32.1. The molecule has 0 bridgehead atoms. The summed E-state index contributed by atoms with van der Waals surface area (Å²) < 4.78 is 5.56.